The highest BCUT2D eigenvalue weighted by Gasteiger charge is 2.52. The topological polar surface area (TPSA) is 29.0 Å². The average Bonchev–Trinajstić information content (AvgIpc) is 4.06. The molecule has 0 radical (unpaired) electrons. The molecule has 0 unspecified atom stereocenters. The van der Waals surface area contributed by atoms with Crippen molar-refractivity contribution in [1.82, 2.24) is 9.97 Å². The molecule has 0 atom stereocenters. The molecule has 0 bridgehead atoms. The van der Waals surface area contributed by atoms with Crippen LogP contribution < -0.4 is 4.90 Å². The quantitative estimate of drug-likeness (QED) is 0.173. The number of benzene rings is 9. The molecule has 11 aromatic rings. The minimum Gasteiger partial charge on any atom is -0.310 e. The van der Waals surface area contributed by atoms with Gasteiger partial charge in [0.15, 0.2) is 0 Å². The molecule has 1 aliphatic heterocycles. The lowest BCUT2D eigenvalue weighted by Crippen LogP contribution is -2.36. The van der Waals surface area contributed by atoms with Crippen LogP contribution in [-0.2, 0) is 5.41 Å². The summed E-state index contributed by atoms with van der Waals surface area (Å²) in [7, 11) is 0. The van der Waals surface area contributed by atoms with E-state index in [1.54, 1.807) is 22.7 Å². The first-order valence-corrected chi connectivity index (χ1v) is 22.6. The largest absolute Gasteiger partial charge is 0.310 e. The fourth-order valence-electron chi connectivity index (χ4n) is 10.1. The predicted octanol–water partition coefficient (Wildman–Crippen LogP) is 15.7. The molecule has 0 saturated carbocycles. The van der Waals surface area contributed by atoms with Crippen LogP contribution in [0.25, 0.3) is 75.0 Å². The number of aromatic nitrogens is 2. The number of hydrogen-bond donors (Lipinski definition) is 0. The maximum absolute atomic E-state index is 5.08. The average molecular weight is 826 g/mol. The molecule has 3 nitrogen and oxygen atoms in total. The van der Waals surface area contributed by atoms with Gasteiger partial charge in [-0.25, -0.2) is 9.97 Å². The lowest BCUT2D eigenvalue weighted by atomic mass is 9.64. The summed E-state index contributed by atoms with van der Waals surface area (Å²) in [5, 5.41) is 2.02. The highest BCUT2D eigenvalue weighted by atomic mass is 32.1. The van der Waals surface area contributed by atoms with E-state index in [1.807, 2.05) is 0 Å². The van der Waals surface area contributed by atoms with Crippen LogP contribution in [-0.4, -0.2) is 9.97 Å². The van der Waals surface area contributed by atoms with Crippen molar-refractivity contribution in [3.63, 3.8) is 0 Å². The van der Waals surface area contributed by atoms with E-state index < -0.39 is 5.41 Å². The second-order valence-corrected chi connectivity index (χ2v) is 18.1. The fraction of sp³-hybridized carbons (Fsp3) is 0.0175. The Morgan fingerprint density at radius 1 is 0.355 bits per heavy atom. The molecular weight excluding hydrogens is 791 g/mol. The van der Waals surface area contributed by atoms with E-state index >= 15 is 0 Å². The third-order valence-electron chi connectivity index (χ3n) is 12.7. The Morgan fingerprint density at radius 3 is 1.47 bits per heavy atom. The molecule has 5 heteroatoms. The number of rotatable bonds is 5. The summed E-state index contributed by atoms with van der Waals surface area (Å²) in [6.45, 7) is 0. The van der Waals surface area contributed by atoms with Gasteiger partial charge in [0.05, 0.1) is 37.2 Å². The summed E-state index contributed by atoms with van der Waals surface area (Å²) >= 11 is 3.48. The number of thiazole rings is 2. The summed E-state index contributed by atoms with van der Waals surface area (Å²) in [5.74, 6) is 0. The molecule has 0 amide bonds. The first-order chi connectivity index (χ1) is 30.7. The van der Waals surface area contributed by atoms with Crippen molar-refractivity contribution in [1.29, 1.82) is 0 Å². The van der Waals surface area contributed by atoms with Gasteiger partial charge < -0.3 is 4.90 Å². The number of fused-ring (bicyclic) bond motifs is 11. The monoisotopic (exact) mass is 825 g/mol. The minimum atomic E-state index is -0.502. The van der Waals surface area contributed by atoms with Crippen LogP contribution in [0.2, 0.25) is 0 Å². The number of hydrogen-bond acceptors (Lipinski definition) is 5. The maximum Gasteiger partial charge on any atom is 0.124 e. The van der Waals surface area contributed by atoms with Gasteiger partial charge >= 0.3 is 0 Å². The molecule has 0 fully saturated rings. The molecular formula is C57H35N3S2. The lowest BCUT2D eigenvalue weighted by molar-refractivity contribution is 0.753. The number of anilines is 3. The van der Waals surface area contributed by atoms with Gasteiger partial charge in [0, 0.05) is 16.8 Å². The van der Waals surface area contributed by atoms with E-state index in [2.05, 4.69) is 217 Å². The summed E-state index contributed by atoms with van der Waals surface area (Å²) in [6, 6.07) is 77.6. The third kappa shape index (κ3) is 5.22. The van der Waals surface area contributed by atoms with E-state index in [4.69, 9.17) is 9.97 Å². The molecule has 9 aromatic carbocycles. The van der Waals surface area contributed by atoms with Crippen molar-refractivity contribution in [3.8, 4) is 54.5 Å². The fourth-order valence-corrected chi connectivity index (χ4v) is 12.0. The third-order valence-corrected chi connectivity index (χ3v) is 14.9. The van der Waals surface area contributed by atoms with Crippen LogP contribution in [0.1, 0.15) is 22.3 Å². The predicted molar refractivity (Wildman–Crippen MR) is 260 cm³/mol. The number of para-hydroxylation sites is 5. The van der Waals surface area contributed by atoms with Crippen molar-refractivity contribution in [3.05, 3.63) is 235 Å². The van der Waals surface area contributed by atoms with Crippen LogP contribution in [0.4, 0.5) is 17.1 Å². The van der Waals surface area contributed by atoms with Gasteiger partial charge in [0.25, 0.3) is 0 Å². The lowest BCUT2D eigenvalue weighted by Gasteiger charge is -2.45. The van der Waals surface area contributed by atoms with Gasteiger partial charge in [-0.15, -0.1) is 22.7 Å². The maximum atomic E-state index is 5.08. The summed E-state index contributed by atoms with van der Waals surface area (Å²) < 4.78 is 2.37. The molecule has 2 aromatic heterocycles. The molecule has 3 heterocycles. The van der Waals surface area contributed by atoms with E-state index in [1.165, 1.54) is 65.3 Å². The van der Waals surface area contributed by atoms with Gasteiger partial charge in [-0.2, -0.15) is 0 Å². The molecule has 1 spiro atoms. The van der Waals surface area contributed by atoms with Crippen LogP contribution in [0.15, 0.2) is 212 Å². The standard InChI is InChI=1S/C57H35N3S2/c1-2-15-41(16-3-1)60-50-25-10-6-20-45(50)57(46-21-7-11-26-51(46)60)44-19-5-4-17-43(44)54-42(18-14-22-47(54)57)37-31-29-36(30-32-37)38-33-39(55-58-48-23-8-12-27-52(48)61-55)35-40(34-38)56-59-49-24-9-13-28-53(49)62-56/h1-35H. The first kappa shape index (κ1) is 35.3. The molecule has 0 saturated heterocycles. The minimum absolute atomic E-state index is 0.502. The van der Waals surface area contributed by atoms with Gasteiger partial charge in [0.2, 0.25) is 0 Å². The van der Waals surface area contributed by atoms with Gasteiger partial charge in [0.1, 0.15) is 10.0 Å². The van der Waals surface area contributed by atoms with Crippen molar-refractivity contribution in [2.24, 2.45) is 0 Å². The van der Waals surface area contributed by atoms with Crippen molar-refractivity contribution < 1.29 is 0 Å². The van der Waals surface area contributed by atoms with Crippen LogP contribution in [0.5, 0.6) is 0 Å². The highest BCUT2D eigenvalue weighted by Crippen LogP contribution is 2.64. The molecule has 290 valence electrons. The Morgan fingerprint density at radius 2 is 0.839 bits per heavy atom. The van der Waals surface area contributed by atoms with E-state index in [-0.39, 0.29) is 0 Å². The van der Waals surface area contributed by atoms with Crippen LogP contribution >= 0.6 is 22.7 Å². The summed E-state index contributed by atoms with van der Waals surface area (Å²) in [5.41, 5.74) is 19.8. The van der Waals surface area contributed by atoms with Gasteiger partial charge in [-0.1, -0.05) is 146 Å². The highest BCUT2D eigenvalue weighted by molar-refractivity contribution is 7.22. The van der Waals surface area contributed by atoms with Crippen LogP contribution in [0, 0.1) is 0 Å². The van der Waals surface area contributed by atoms with Gasteiger partial charge in [-0.05, 0) is 122 Å². The van der Waals surface area contributed by atoms with Crippen molar-refractivity contribution >= 4 is 60.2 Å². The smallest absolute Gasteiger partial charge is 0.124 e. The molecule has 13 rings (SSSR count). The molecule has 2 aliphatic rings. The van der Waals surface area contributed by atoms with E-state index in [0.29, 0.717) is 0 Å². The first-order valence-electron chi connectivity index (χ1n) is 21.0. The summed E-state index contributed by atoms with van der Waals surface area (Å²) in [6.07, 6.45) is 0. The van der Waals surface area contributed by atoms with Gasteiger partial charge in [-0.3, -0.25) is 0 Å². The normalized spacial score (nSPS) is 13.3. The molecule has 62 heavy (non-hydrogen) atoms. The number of nitrogens with zero attached hydrogens (tertiary/aromatic N) is 3. The Bertz CT molecular complexity index is 3340. The Kier molecular flexibility index (Phi) is 7.86. The molecule has 1 aliphatic carbocycles. The Hall–Kier alpha value is -7.44. The van der Waals surface area contributed by atoms with E-state index in [9.17, 15) is 0 Å². The van der Waals surface area contributed by atoms with Crippen LogP contribution in [0.3, 0.4) is 0 Å². The summed E-state index contributed by atoms with van der Waals surface area (Å²) in [4.78, 5) is 12.6. The van der Waals surface area contributed by atoms with Crippen molar-refractivity contribution in [2.45, 2.75) is 5.41 Å². The second-order valence-electron chi connectivity index (χ2n) is 16.1. The van der Waals surface area contributed by atoms with Crippen molar-refractivity contribution in [2.75, 3.05) is 4.90 Å². The zero-order valence-corrected chi connectivity index (χ0v) is 35.0. The zero-order chi connectivity index (χ0) is 40.8. The molecule has 0 N–H and O–H groups in total. The Balaban J connectivity index is 0.969. The zero-order valence-electron chi connectivity index (χ0n) is 33.4. The van der Waals surface area contributed by atoms with E-state index in [0.717, 1.165) is 49.0 Å². The second kappa shape index (κ2) is 13.8. The SMILES string of the molecule is c1ccc(N2c3ccccc3C3(c4ccccc4-c4c(-c5ccc(-c6cc(-c7nc8ccccc8s7)cc(-c7nc8ccccc8s7)c6)cc5)cccc43)c3ccccc32)cc1. The Labute approximate surface area is 367 Å².